The highest BCUT2D eigenvalue weighted by Crippen LogP contribution is 2.29. The molecule has 0 spiro atoms. The van der Waals surface area contributed by atoms with E-state index in [2.05, 4.69) is 5.32 Å². The lowest BCUT2D eigenvalue weighted by molar-refractivity contribution is -0.384. The van der Waals surface area contributed by atoms with Crippen LogP contribution >= 0.6 is 0 Å². The highest BCUT2D eigenvalue weighted by Gasteiger charge is 2.42. The average molecular weight is 487 g/mol. The van der Waals surface area contributed by atoms with Crippen molar-refractivity contribution in [2.45, 2.75) is 26.0 Å². The lowest BCUT2D eigenvalue weighted by atomic mass is 10.1. The molecule has 0 aliphatic carbocycles. The van der Waals surface area contributed by atoms with E-state index in [1.54, 1.807) is 55.5 Å². The van der Waals surface area contributed by atoms with Crippen LogP contribution in [0, 0.1) is 17.0 Å². The van der Waals surface area contributed by atoms with Gasteiger partial charge in [-0.1, -0.05) is 48.5 Å². The number of amides is 3. The van der Waals surface area contributed by atoms with Crippen molar-refractivity contribution < 1.29 is 28.8 Å². The van der Waals surface area contributed by atoms with E-state index >= 15 is 0 Å². The molecule has 1 N–H and O–H groups in total. The number of anilines is 1. The van der Waals surface area contributed by atoms with Crippen LogP contribution < -0.4 is 5.32 Å². The molecule has 0 saturated carbocycles. The monoisotopic (exact) mass is 487 g/mol. The van der Waals surface area contributed by atoms with Gasteiger partial charge in [-0.15, -0.1) is 0 Å². The summed E-state index contributed by atoms with van der Waals surface area (Å²) in [7, 11) is 0. The fourth-order valence-corrected chi connectivity index (χ4v) is 3.88. The van der Waals surface area contributed by atoms with Gasteiger partial charge in [0.05, 0.1) is 16.1 Å². The number of fused-ring (bicyclic) bond motifs is 1. The van der Waals surface area contributed by atoms with Crippen molar-refractivity contribution in [3.05, 3.63) is 105 Å². The maximum absolute atomic E-state index is 13.2. The van der Waals surface area contributed by atoms with Gasteiger partial charge in [-0.05, 0) is 37.6 Å². The number of ether oxygens (including phenoxy) is 1. The van der Waals surface area contributed by atoms with Crippen LogP contribution in [0.5, 0.6) is 0 Å². The molecule has 0 aromatic heterocycles. The molecule has 36 heavy (non-hydrogen) atoms. The summed E-state index contributed by atoms with van der Waals surface area (Å²) in [4.78, 5) is 63.4. The zero-order chi connectivity index (χ0) is 26.0. The van der Waals surface area contributed by atoms with Crippen molar-refractivity contribution in [1.29, 1.82) is 0 Å². The first-order chi connectivity index (χ1) is 17.2. The van der Waals surface area contributed by atoms with Gasteiger partial charge in [0.25, 0.3) is 23.4 Å². The summed E-state index contributed by atoms with van der Waals surface area (Å²) in [5, 5.41) is 13.9. The molecule has 0 radical (unpaired) electrons. The van der Waals surface area contributed by atoms with Gasteiger partial charge in [0.1, 0.15) is 11.7 Å². The van der Waals surface area contributed by atoms with E-state index in [9.17, 15) is 29.3 Å². The van der Waals surface area contributed by atoms with Crippen LogP contribution in [0.1, 0.15) is 44.9 Å². The number of carbonyl (C=O) groups is 4. The van der Waals surface area contributed by atoms with Gasteiger partial charge in [0, 0.05) is 11.6 Å². The molecule has 1 heterocycles. The topological polar surface area (TPSA) is 136 Å². The predicted molar refractivity (Wildman–Crippen MR) is 128 cm³/mol. The molecule has 1 aliphatic heterocycles. The molecule has 0 fully saturated rings. The Labute approximate surface area is 205 Å². The van der Waals surface area contributed by atoms with Gasteiger partial charge < -0.3 is 10.1 Å². The quantitative estimate of drug-likeness (QED) is 0.232. The van der Waals surface area contributed by atoms with E-state index in [0.717, 1.165) is 4.90 Å². The van der Waals surface area contributed by atoms with Gasteiger partial charge >= 0.3 is 5.97 Å². The number of nitro benzene ring substituents is 1. The summed E-state index contributed by atoms with van der Waals surface area (Å²) >= 11 is 0. The van der Waals surface area contributed by atoms with Crippen LogP contribution in [0.15, 0.2) is 72.8 Å². The SMILES string of the molecule is Cc1ccc(NC(=O)[C@H](OC(=O)[C@@H](C)N2C(=O)c3ccccc3C2=O)c2ccccc2)c([N+](=O)[O-])c1. The molecule has 3 amide bonds. The van der Waals surface area contributed by atoms with Crippen LogP contribution in [0.4, 0.5) is 11.4 Å². The Morgan fingerprint density at radius 2 is 1.53 bits per heavy atom. The first-order valence-corrected chi connectivity index (χ1v) is 11.0. The Morgan fingerprint density at radius 3 is 2.11 bits per heavy atom. The summed E-state index contributed by atoms with van der Waals surface area (Å²) in [6.45, 7) is 3.00. The highest BCUT2D eigenvalue weighted by atomic mass is 16.6. The predicted octanol–water partition coefficient (Wildman–Crippen LogP) is 3.81. The minimum Gasteiger partial charge on any atom is -0.446 e. The van der Waals surface area contributed by atoms with Crippen molar-refractivity contribution in [1.82, 2.24) is 4.90 Å². The summed E-state index contributed by atoms with van der Waals surface area (Å²) in [5.41, 5.74) is 0.882. The minimum absolute atomic E-state index is 0.0685. The Bertz CT molecular complexity index is 1350. The zero-order valence-corrected chi connectivity index (χ0v) is 19.3. The Kier molecular flexibility index (Phi) is 6.60. The molecule has 3 aromatic carbocycles. The maximum atomic E-state index is 13.2. The number of benzene rings is 3. The number of hydrogen-bond donors (Lipinski definition) is 1. The van der Waals surface area contributed by atoms with Crippen LogP contribution in [0.2, 0.25) is 0 Å². The lowest BCUT2D eigenvalue weighted by Gasteiger charge is -2.24. The van der Waals surface area contributed by atoms with E-state index in [-0.39, 0.29) is 22.5 Å². The molecule has 10 nitrogen and oxygen atoms in total. The summed E-state index contributed by atoms with van der Waals surface area (Å²) in [5.74, 6) is -3.12. The second-order valence-electron chi connectivity index (χ2n) is 8.20. The van der Waals surface area contributed by atoms with E-state index in [1.165, 1.54) is 31.2 Å². The first-order valence-electron chi connectivity index (χ1n) is 11.0. The van der Waals surface area contributed by atoms with Gasteiger partial charge in [-0.2, -0.15) is 0 Å². The second kappa shape index (κ2) is 9.79. The average Bonchev–Trinajstić information content (AvgIpc) is 3.13. The molecule has 0 unspecified atom stereocenters. The fourth-order valence-electron chi connectivity index (χ4n) is 3.88. The van der Waals surface area contributed by atoms with Crippen molar-refractivity contribution >= 4 is 35.1 Å². The summed E-state index contributed by atoms with van der Waals surface area (Å²) < 4.78 is 5.50. The molecule has 1 aliphatic rings. The van der Waals surface area contributed by atoms with E-state index in [4.69, 9.17) is 4.74 Å². The number of nitrogens with zero attached hydrogens (tertiary/aromatic N) is 2. The Hall–Kier alpha value is -4.86. The number of aryl methyl sites for hydroxylation is 1. The minimum atomic E-state index is -1.50. The second-order valence-corrected chi connectivity index (χ2v) is 8.20. The maximum Gasteiger partial charge on any atom is 0.330 e. The van der Waals surface area contributed by atoms with Crippen LogP contribution in [-0.2, 0) is 14.3 Å². The summed E-state index contributed by atoms with van der Waals surface area (Å²) in [6, 6.07) is 17.2. The number of imide groups is 1. The van der Waals surface area contributed by atoms with Gasteiger partial charge in [-0.25, -0.2) is 4.79 Å². The van der Waals surface area contributed by atoms with Crippen molar-refractivity contribution in [2.75, 3.05) is 5.32 Å². The molecule has 182 valence electrons. The fraction of sp³-hybridized carbons (Fsp3) is 0.154. The normalized spacial score (nSPS) is 14.1. The van der Waals surface area contributed by atoms with E-state index in [0.29, 0.717) is 11.1 Å². The molecule has 10 heteroatoms. The third-order valence-electron chi connectivity index (χ3n) is 5.74. The number of esters is 1. The number of nitro groups is 1. The van der Waals surface area contributed by atoms with Crippen LogP contribution in [0.3, 0.4) is 0 Å². The third kappa shape index (κ3) is 4.56. The molecular weight excluding hydrogens is 466 g/mol. The van der Waals surface area contributed by atoms with Gasteiger partial charge in [0.2, 0.25) is 6.10 Å². The zero-order valence-electron chi connectivity index (χ0n) is 19.3. The number of hydrogen-bond acceptors (Lipinski definition) is 7. The third-order valence-corrected chi connectivity index (χ3v) is 5.74. The largest absolute Gasteiger partial charge is 0.446 e. The van der Waals surface area contributed by atoms with Crippen molar-refractivity contribution in [3.8, 4) is 0 Å². The van der Waals surface area contributed by atoms with E-state index < -0.39 is 40.8 Å². The smallest absolute Gasteiger partial charge is 0.330 e. The van der Waals surface area contributed by atoms with Crippen LogP contribution in [-0.4, -0.2) is 39.6 Å². The van der Waals surface area contributed by atoms with Gasteiger partial charge in [0.15, 0.2) is 0 Å². The highest BCUT2D eigenvalue weighted by molar-refractivity contribution is 6.22. The number of nitrogens with one attached hydrogen (secondary N) is 1. The molecule has 2 atom stereocenters. The number of carbonyl (C=O) groups excluding carboxylic acids is 4. The molecule has 0 bridgehead atoms. The van der Waals surface area contributed by atoms with Crippen molar-refractivity contribution in [3.63, 3.8) is 0 Å². The molecule has 3 aromatic rings. The van der Waals surface area contributed by atoms with Crippen molar-refractivity contribution in [2.24, 2.45) is 0 Å². The molecule has 0 saturated heterocycles. The first kappa shape index (κ1) is 24.3. The standard InChI is InChI=1S/C26H21N3O7/c1-15-12-13-20(21(14-15)29(34)35)27-23(30)22(17-8-4-3-5-9-17)36-26(33)16(2)28-24(31)18-10-6-7-11-19(18)25(28)32/h3-14,16,22H,1-2H3,(H,27,30)/t16-,22-/m1/s1. The summed E-state index contributed by atoms with van der Waals surface area (Å²) in [6.07, 6.45) is -1.50. The molecule has 4 rings (SSSR count). The lowest BCUT2D eigenvalue weighted by Crippen LogP contribution is -2.44. The van der Waals surface area contributed by atoms with Gasteiger partial charge in [-0.3, -0.25) is 29.4 Å². The van der Waals surface area contributed by atoms with E-state index in [1.807, 2.05) is 0 Å². The Balaban J connectivity index is 1.59. The number of rotatable bonds is 7. The Morgan fingerprint density at radius 1 is 0.944 bits per heavy atom. The molecular formula is C26H21N3O7. The van der Waals surface area contributed by atoms with Crippen LogP contribution in [0.25, 0.3) is 0 Å².